The summed E-state index contributed by atoms with van der Waals surface area (Å²) in [6.45, 7) is 0. The molecule has 3 atom stereocenters. The lowest BCUT2D eigenvalue weighted by Gasteiger charge is -2.22. The minimum Gasteiger partial charge on any atom is -0.490 e. The minimum atomic E-state index is -3.78. The first kappa shape index (κ1) is 21.9. The Hall–Kier alpha value is -2.27. The van der Waals surface area contributed by atoms with Crippen LogP contribution in [0.4, 0.5) is 0 Å². The molecule has 6 nitrogen and oxygen atoms in total. The molecule has 0 bridgehead atoms. The Labute approximate surface area is 191 Å². The minimum absolute atomic E-state index is 0.0451. The number of sulfone groups is 1. The molecule has 2 aliphatic rings. The van der Waals surface area contributed by atoms with Gasteiger partial charge in [-0.25, -0.2) is 8.42 Å². The molecule has 0 aromatic heterocycles. The van der Waals surface area contributed by atoms with E-state index in [2.05, 4.69) is 11.4 Å². The summed E-state index contributed by atoms with van der Waals surface area (Å²) in [5.74, 6) is -0.594. The van der Waals surface area contributed by atoms with Crippen LogP contribution in [0.25, 0.3) is 0 Å². The highest BCUT2D eigenvalue weighted by Gasteiger charge is 2.50. The van der Waals surface area contributed by atoms with E-state index in [-0.39, 0.29) is 28.7 Å². The van der Waals surface area contributed by atoms with Gasteiger partial charge in [0.15, 0.2) is 9.84 Å². The van der Waals surface area contributed by atoms with E-state index in [0.29, 0.717) is 23.6 Å². The van der Waals surface area contributed by atoms with Crippen molar-refractivity contribution >= 4 is 38.9 Å². The molecule has 0 spiro atoms. The van der Waals surface area contributed by atoms with Crippen LogP contribution in [-0.4, -0.2) is 31.2 Å². The van der Waals surface area contributed by atoms with Crippen LogP contribution in [0.1, 0.15) is 25.7 Å². The van der Waals surface area contributed by atoms with E-state index < -0.39 is 32.6 Å². The van der Waals surface area contributed by atoms with Gasteiger partial charge in [-0.05, 0) is 55.7 Å². The van der Waals surface area contributed by atoms with Gasteiger partial charge in [0.05, 0.1) is 27.2 Å². The lowest BCUT2D eigenvalue weighted by Crippen LogP contribution is -2.43. The number of ether oxygens (including phenoxy) is 1. The molecular weight excluding hydrogens is 459 g/mol. The SMILES string of the molecule is N#CC1(NC(=O)[C@@H]2C[C@@H](S(=O)(=O)c3ccccc3Cl)C[C@H]2Oc2ccc(Cl)cc2)CC1. The third-order valence-electron chi connectivity index (χ3n) is 5.81. The molecule has 2 aliphatic carbocycles. The van der Waals surface area contributed by atoms with Gasteiger partial charge in [-0.1, -0.05) is 35.3 Å². The number of hydrogen-bond donors (Lipinski definition) is 1. The first-order chi connectivity index (χ1) is 14.7. The van der Waals surface area contributed by atoms with Gasteiger partial charge in [-0.15, -0.1) is 0 Å². The molecule has 162 valence electrons. The molecule has 4 rings (SSSR count). The highest BCUT2D eigenvalue weighted by molar-refractivity contribution is 7.92. The molecule has 2 fully saturated rings. The lowest BCUT2D eigenvalue weighted by molar-refractivity contribution is -0.127. The van der Waals surface area contributed by atoms with Gasteiger partial charge >= 0.3 is 0 Å². The first-order valence-corrected chi connectivity index (χ1v) is 12.2. The zero-order valence-electron chi connectivity index (χ0n) is 16.4. The van der Waals surface area contributed by atoms with Crippen LogP contribution in [0.2, 0.25) is 10.0 Å². The van der Waals surface area contributed by atoms with Gasteiger partial charge in [0, 0.05) is 11.4 Å². The fourth-order valence-corrected chi connectivity index (χ4v) is 6.33. The summed E-state index contributed by atoms with van der Waals surface area (Å²) in [5, 5.41) is 12.0. The predicted octanol–water partition coefficient (Wildman–Crippen LogP) is 4.17. The summed E-state index contributed by atoms with van der Waals surface area (Å²) in [5.41, 5.74) is -0.846. The summed E-state index contributed by atoms with van der Waals surface area (Å²) in [6, 6.07) is 15.1. The molecule has 2 aromatic carbocycles. The summed E-state index contributed by atoms with van der Waals surface area (Å²) >= 11 is 12.1. The van der Waals surface area contributed by atoms with Gasteiger partial charge < -0.3 is 10.1 Å². The van der Waals surface area contributed by atoms with Crippen molar-refractivity contribution < 1.29 is 17.9 Å². The molecule has 0 aliphatic heterocycles. The Kier molecular flexibility index (Phi) is 5.91. The van der Waals surface area contributed by atoms with E-state index in [1.807, 2.05) is 0 Å². The van der Waals surface area contributed by atoms with Gasteiger partial charge in [-0.2, -0.15) is 5.26 Å². The third kappa shape index (κ3) is 4.52. The van der Waals surface area contributed by atoms with Gasteiger partial charge in [0.2, 0.25) is 5.91 Å². The average molecular weight is 479 g/mol. The molecule has 0 unspecified atom stereocenters. The average Bonchev–Trinajstić information content (AvgIpc) is 3.38. The Morgan fingerprint density at radius 3 is 2.39 bits per heavy atom. The van der Waals surface area contributed by atoms with E-state index >= 15 is 0 Å². The molecule has 1 N–H and O–H groups in total. The van der Waals surface area contributed by atoms with Crippen LogP contribution in [0.5, 0.6) is 5.75 Å². The van der Waals surface area contributed by atoms with E-state index in [9.17, 15) is 18.5 Å². The summed E-state index contributed by atoms with van der Waals surface area (Å²) < 4.78 is 32.6. The molecule has 2 saturated carbocycles. The number of carbonyl (C=O) groups excluding carboxylic acids is 1. The molecular formula is C22H20Cl2N2O4S. The largest absolute Gasteiger partial charge is 0.490 e. The highest BCUT2D eigenvalue weighted by atomic mass is 35.5. The van der Waals surface area contributed by atoms with Crippen molar-refractivity contribution in [1.82, 2.24) is 5.32 Å². The van der Waals surface area contributed by atoms with E-state index in [1.165, 1.54) is 12.1 Å². The van der Waals surface area contributed by atoms with Crippen molar-refractivity contribution in [2.45, 2.75) is 47.5 Å². The van der Waals surface area contributed by atoms with E-state index in [4.69, 9.17) is 27.9 Å². The van der Waals surface area contributed by atoms with Crippen LogP contribution in [0.15, 0.2) is 53.4 Å². The smallest absolute Gasteiger partial charge is 0.228 e. The maximum atomic E-state index is 13.3. The third-order valence-corrected chi connectivity index (χ3v) is 8.73. The van der Waals surface area contributed by atoms with Crippen molar-refractivity contribution in [3.63, 3.8) is 0 Å². The highest BCUT2D eigenvalue weighted by Crippen LogP contribution is 2.40. The van der Waals surface area contributed by atoms with Crippen molar-refractivity contribution in [3.8, 4) is 11.8 Å². The number of nitrogens with zero attached hydrogens (tertiary/aromatic N) is 1. The monoisotopic (exact) mass is 478 g/mol. The van der Waals surface area contributed by atoms with Crippen molar-refractivity contribution in [1.29, 1.82) is 5.26 Å². The maximum absolute atomic E-state index is 13.3. The quantitative estimate of drug-likeness (QED) is 0.671. The zero-order chi connectivity index (χ0) is 22.2. The molecule has 0 radical (unpaired) electrons. The fourth-order valence-electron chi connectivity index (χ4n) is 3.88. The van der Waals surface area contributed by atoms with Crippen molar-refractivity contribution in [2.75, 3.05) is 0 Å². The van der Waals surface area contributed by atoms with E-state index in [0.717, 1.165) is 0 Å². The normalized spacial score (nSPS) is 24.2. The predicted molar refractivity (Wildman–Crippen MR) is 117 cm³/mol. The number of benzene rings is 2. The lowest BCUT2D eigenvalue weighted by atomic mass is 10.0. The molecule has 0 saturated heterocycles. The standard InChI is InChI=1S/C22H20Cl2N2O4S/c23-14-5-7-15(8-6-14)30-19-12-16(31(28,29)20-4-2-1-3-18(20)24)11-17(19)21(27)26-22(13-25)9-10-22/h1-8,16-17,19H,9-12H2,(H,26,27)/t16-,17-,19-/m1/s1. The second-order valence-corrected chi connectivity index (χ2v) is 11.0. The van der Waals surface area contributed by atoms with Crippen LogP contribution >= 0.6 is 23.2 Å². The molecule has 1 amide bonds. The number of hydrogen-bond acceptors (Lipinski definition) is 5. The number of rotatable bonds is 6. The molecule has 0 heterocycles. The number of carbonyl (C=O) groups is 1. The van der Waals surface area contributed by atoms with Crippen molar-refractivity contribution in [3.05, 3.63) is 58.6 Å². The Morgan fingerprint density at radius 1 is 1.10 bits per heavy atom. The second-order valence-electron chi connectivity index (χ2n) is 7.97. The van der Waals surface area contributed by atoms with Gasteiger partial charge in [0.1, 0.15) is 17.4 Å². The van der Waals surface area contributed by atoms with Gasteiger partial charge in [-0.3, -0.25) is 4.79 Å². The molecule has 9 heteroatoms. The molecule has 31 heavy (non-hydrogen) atoms. The number of nitrogens with one attached hydrogen (secondary N) is 1. The summed E-state index contributed by atoms with van der Waals surface area (Å²) in [4.78, 5) is 13.1. The summed E-state index contributed by atoms with van der Waals surface area (Å²) in [7, 11) is -3.78. The van der Waals surface area contributed by atoms with Crippen LogP contribution < -0.4 is 10.1 Å². The fraction of sp³-hybridized carbons (Fsp3) is 0.364. The maximum Gasteiger partial charge on any atom is 0.228 e. The number of nitriles is 1. The molecule has 2 aromatic rings. The summed E-state index contributed by atoms with van der Waals surface area (Å²) in [6.07, 6.45) is 0.725. The number of halogens is 2. The van der Waals surface area contributed by atoms with Gasteiger partial charge in [0.25, 0.3) is 0 Å². The van der Waals surface area contributed by atoms with Crippen LogP contribution in [-0.2, 0) is 14.6 Å². The van der Waals surface area contributed by atoms with Crippen molar-refractivity contribution in [2.24, 2.45) is 5.92 Å². The first-order valence-electron chi connectivity index (χ1n) is 9.88. The van der Waals surface area contributed by atoms with Crippen LogP contribution in [0.3, 0.4) is 0 Å². The van der Waals surface area contributed by atoms with Crippen LogP contribution in [0, 0.1) is 17.2 Å². The van der Waals surface area contributed by atoms with E-state index in [1.54, 1.807) is 36.4 Å². The Balaban J connectivity index is 1.61. The topological polar surface area (TPSA) is 96.3 Å². The Morgan fingerprint density at radius 2 is 1.77 bits per heavy atom. The number of amides is 1. The zero-order valence-corrected chi connectivity index (χ0v) is 18.8. The second kappa shape index (κ2) is 8.34. The Bertz CT molecular complexity index is 1140.